The molecule has 2 unspecified atom stereocenters. The van der Waals surface area contributed by atoms with E-state index < -0.39 is 10.2 Å². The highest BCUT2D eigenvalue weighted by Crippen LogP contribution is 2.22. The van der Waals surface area contributed by atoms with Crippen LogP contribution in [0.15, 0.2) is 0 Å². The van der Waals surface area contributed by atoms with Crippen LogP contribution in [-0.4, -0.2) is 45.4 Å². The normalized spacial score (nSPS) is 31.5. The summed E-state index contributed by atoms with van der Waals surface area (Å²) in [4.78, 5) is 0. The lowest BCUT2D eigenvalue weighted by atomic mass is 9.94. The van der Waals surface area contributed by atoms with Gasteiger partial charge in [0.1, 0.15) is 0 Å². The zero-order valence-corrected chi connectivity index (χ0v) is 12.9. The molecular formula is C13H27N3O2S. The third-order valence-corrected chi connectivity index (χ3v) is 5.70. The molecule has 2 aliphatic rings. The Hall–Kier alpha value is -0.170. The van der Waals surface area contributed by atoms with Gasteiger partial charge in [0.05, 0.1) is 0 Å². The van der Waals surface area contributed by atoms with Gasteiger partial charge in [-0.05, 0) is 50.1 Å². The minimum atomic E-state index is -3.29. The molecule has 2 fully saturated rings. The van der Waals surface area contributed by atoms with Crippen LogP contribution in [0, 0.1) is 17.8 Å². The molecule has 19 heavy (non-hydrogen) atoms. The summed E-state index contributed by atoms with van der Waals surface area (Å²) in [6.07, 6.45) is 3.25. The molecule has 2 saturated heterocycles. The summed E-state index contributed by atoms with van der Waals surface area (Å²) in [7, 11) is -3.29. The number of nitrogens with zero attached hydrogens (tertiary/aromatic N) is 1. The van der Waals surface area contributed by atoms with E-state index in [-0.39, 0.29) is 0 Å². The number of rotatable bonds is 4. The predicted octanol–water partition coefficient (Wildman–Crippen LogP) is 0.798. The Kier molecular flexibility index (Phi) is 5.22. The molecule has 0 aromatic rings. The van der Waals surface area contributed by atoms with Crippen molar-refractivity contribution in [1.29, 1.82) is 0 Å². The third-order valence-electron chi connectivity index (χ3n) is 4.19. The molecule has 2 atom stereocenters. The SMILES string of the molecule is CC1CC(C)CN(S(=O)(=O)NCC2CCNCC2)C1. The van der Waals surface area contributed by atoms with Crippen molar-refractivity contribution in [2.45, 2.75) is 33.1 Å². The van der Waals surface area contributed by atoms with Gasteiger partial charge in [-0.2, -0.15) is 12.7 Å². The van der Waals surface area contributed by atoms with E-state index in [1.54, 1.807) is 4.31 Å². The van der Waals surface area contributed by atoms with Gasteiger partial charge in [0, 0.05) is 19.6 Å². The quantitative estimate of drug-likeness (QED) is 0.805. The van der Waals surface area contributed by atoms with Gasteiger partial charge in [-0.15, -0.1) is 0 Å². The van der Waals surface area contributed by atoms with E-state index >= 15 is 0 Å². The monoisotopic (exact) mass is 289 g/mol. The molecule has 5 nitrogen and oxygen atoms in total. The van der Waals surface area contributed by atoms with Gasteiger partial charge in [-0.25, -0.2) is 4.72 Å². The van der Waals surface area contributed by atoms with Crippen molar-refractivity contribution in [3.63, 3.8) is 0 Å². The summed E-state index contributed by atoms with van der Waals surface area (Å²) in [6.45, 7) is 8.17. The van der Waals surface area contributed by atoms with E-state index in [4.69, 9.17) is 0 Å². The zero-order chi connectivity index (χ0) is 13.9. The van der Waals surface area contributed by atoms with Crippen molar-refractivity contribution in [2.24, 2.45) is 17.8 Å². The Labute approximate surface area is 117 Å². The molecule has 2 heterocycles. The van der Waals surface area contributed by atoms with Gasteiger partial charge in [-0.3, -0.25) is 0 Å². The van der Waals surface area contributed by atoms with E-state index in [1.807, 2.05) is 0 Å². The maximum Gasteiger partial charge on any atom is 0.279 e. The van der Waals surface area contributed by atoms with Crippen molar-refractivity contribution in [1.82, 2.24) is 14.3 Å². The average molecular weight is 289 g/mol. The molecule has 2 rings (SSSR count). The smallest absolute Gasteiger partial charge is 0.279 e. The molecule has 0 amide bonds. The maximum absolute atomic E-state index is 12.3. The minimum absolute atomic E-state index is 0.458. The Morgan fingerprint density at radius 1 is 1.16 bits per heavy atom. The molecule has 0 aromatic heterocycles. The second-order valence-electron chi connectivity index (χ2n) is 6.31. The van der Waals surface area contributed by atoms with Crippen LogP contribution in [0.1, 0.15) is 33.1 Å². The second-order valence-corrected chi connectivity index (χ2v) is 8.07. The number of hydrogen-bond donors (Lipinski definition) is 2. The molecule has 0 bridgehead atoms. The summed E-state index contributed by atoms with van der Waals surface area (Å²) < 4.78 is 29.1. The van der Waals surface area contributed by atoms with Crippen LogP contribution >= 0.6 is 0 Å². The molecule has 0 aromatic carbocycles. The van der Waals surface area contributed by atoms with E-state index in [2.05, 4.69) is 23.9 Å². The van der Waals surface area contributed by atoms with Gasteiger partial charge in [0.15, 0.2) is 0 Å². The van der Waals surface area contributed by atoms with Gasteiger partial charge < -0.3 is 5.32 Å². The fourth-order valence-electron chi connectivity index (χ4n) is 3.20. The highest BCUT2D eigenvalue weighted by Gasteiger charge is 2.30. The first-order valence-electron chi connectivity index (χ1n) is 7.43. The number of piperidine rings is 2. The lowest BCUT2D eigenvalue weighted by molar-refractivity contribution is 0.219. The van der Waals surface area contributed by atoms with Crippen molar-refractivity contribution in [2.75, 3.05) is 32.7 Å². The van der Waals surface area contributed by atoms with Crippen molar-refractivity contribution in [3.8, 4) is 0 Å². The van der Waals surface area contributed by atoms with Crippen molar-refractivity contribution < 1.29 is 8.42 Å². The molecule has 112 valence electrons. The molecule has 2 aliphatic heterocycles. The summed E-state index contributed by atoms with van der Waals surface area (Å²) in [6, 6.07) is 0. The second kappa shape index (κ2) is 6.52. The molecule has 0 saturated carbocycles. The Bertz CT molecular complexity index is 369. The van der Waals surface area contributed by atoms with Crippen LogP contribution in [0.3, 0.4) is 0 Å². The summed E-state index contributed by atoms with van der Waals surface area (Å²) in [5.41, 5.74) is 0. The number of hydrogen-bond acceptors (Lipinski definition) is 3. The Morgan fingerprint density at radius 2 is 1.74 bits per heavy atom. The first kappa shape index (κ1) is 15.2. The van der Waals surface area contributed by atoms with Gasteiger partial charge in [0.2, 0.25) is 0 Å². The van der Waals surface area contributed by atoms with Gasteiger partial charge >= 0.3 is 0 Å². The minimum Gasteiger partial charge on any atom is -0.317 e. The highest BCUT2D eigenvalue weighted by atomic mass is 32.2. The van der Waals surface area contributed by atoms with Gasteiger partial charge in [-0.1, -0.05) is 13.8 Å². The van der Waals surface area contributed by atoms with Crippen LogP contribution < -0.4 is 10.0 Å². The van der Waals surface area contributed by atoms with Crippen LogP contribution in [0.25, 0.3) is 0 Å². The highest BCUT2D eigenvalue weighted by molar-refractivity contribution is 7.87. The van der Waals surface area contributed by atoms with E-state index in [0.29, 0.717) is 37.4 Å². The van der Waals surface area contributed by atoms with Crippen LogP contribution in [-0.2, 0) is 10.2 Å². The maximum atomic E-state index is 12.3. The summed E-state index contributed by atoms with van der Waals surface area (Å²) in [5.74, 6) is 1.40. The van der Waals surface area contributed by atoms with Crippen LogP contribution in [0.4, 0.5) is 0 Å². The molecule has 0 aliphatic carbocycles. The lowest BCUT2D eigenvalue weighted by Gasteiger charge is -2.34. The predicted molar refractivity (Wildman–Crippen MR) is 77.0 cm³/mol. The molecule has 6 heteroatoms. The summed E-state index contributed by atoms with van der Waals surface area (Å²) >= 11 is 0. The van der Waals surface area contributed by atoms with Crippen molar-refractivity contribution >= 4 is 10.2 Å². The molecular weight excluding hydrogens is 262 g/mol. The first-order valence-corrected chi connectivity index (χ1v) is 8.87. The third kappa shape index (κ3) is 4.41. The largest absolute Gasteiger partial charge is 0.317 e. The Morgan fingerprint density at radius 3 is 2.32 bits per heavy atom. The molecule has 0 spiro atoms. The fourth-order valence-corrected chi connectivity index (χ4v) is 4.73. The van der Waals surface area contributed by atoms with E-state index in [1.165, 1.54) is 0 Å². The standard InChI is InChI=1S/C13H27N3O2S/c1-11-7-12(2)10-16(9-11)19(17,18)15-8-13-3-5-14-6-4-13/h11-15H,3-10H2,1-2H3. The molecule has 2 N–H and O–H groups in total. The average Bonchev–Trinajstić information content (AvgIpc) is 2.37. The van der Waals surface area contributed by atoms with E-state index in [9.17, 15) is 8.42 Å². The van der Waals surface area contributed by atoms with Crippen LogP contribution in [0.2, 0.25) is 0 Å². The number of nitrogens with one attached hydrogen (secondary N) is 2. The zero-order valence-electron chi connectivity index (χ0n) is 12.1. The van der Waals surface area contributed by atoms with Crippen LogP contribution in [0.5, 0.6) is 0 Å². The van der Waals surface area contributed by atoms with Crippen molar-refractivity contribution in [3.05, 3.63) is 0 Å². The van der Waals surface area contributed by atoms with Gasteiger partial charge in [0.25, 0.3) is 10.2 Å². The lowest BCUT2D eigenvalue weighted by Crippen LogP contribution is -2.49. The fraction of sp³-hybridized carbons (Fsp3) is 1.00. The summed E-state index contributed by atoms with van der Waals surface area (Å²) in [5, 5.41) is 3.30. The first-order chi connectivity index (χ1) is 8.97. The molecule has 0 radical (unpaired) electrons. The van der Waals surface area contributed by atoms with E-state index in [0.717, 1.165) is 32.4 Å². The topological polar surface area (TPSA) is 61.4 Å². The Balaban J connectivity index is 1.86.